The fourth-order valence-corrected chi connectivity index (χ4v) is 4.44. The highest BCUT2D eigenvalue weighted by atomic mass is 16.8. The number of carboxylic acids is 1. The molecule has 0 saturated carbocycles. The van der Waals surface area contributed by atoms with Gasteiger partial charge in [-0.1, -0.05) is 0 Å². The predicted molar refractivity (Wildman–Crippen MR) is 119 cm³/mol. The molecule has 0 aromatic rings. The highest BCUT2D eigenvalue weighted by Gasteiger charge is 2.55. The lowest BCUT2D eigenvalue weighted by Gasteiger charge is -2.48. The average molecular weight is 593 g/mol. The van der Waals surface area contributed by atoms with Crippen molar-refractivity contribution in [3.63, 3.8) is 0 Å². The van der Waals surface area contributed by atoms with Crippen LogP contribution in [0.5, 0.6) is 0 Å². The lowest BCUT2D eigenvalue weighted by Crippen LogP contribution is -2.67. The van der Waals surface area contributed by atoms with Crippen molar-refractivity contribution < 1.29 is 94.5 Å². The van der Waals surface area contributed by atoms with Gasteiger partial charge in [-0.15, -0.1) is 0 Å². The smallest absolute Gasteiger partial charge is 0.335 e. The second-order valence-corrected chi connectivity index (χ2v) is 9.47. The number of aliphatic carboxylic acids is 1. The molecule has 19 heteroatoms. The second-order valence-electron chi connectivity index (χ2n) is 9.47. The van der Waals surface area contributed by atoms with E-state index in [0.717, 1.165) is 0 Å². The quantitative estimate of drug-likeness (QED) is 0.106. The van der Waals surface area contributed by atoms with Gasteiger partial charge in [0.2, 0.25) is 0 Å². The van der Waals surface area contributed by atoms with Crippen LogP contribution in [0.15, 0.2) is 0 Å². The summed E-state index contributed by atoms with van der Waals surface area (Å²) < 4.78 is 32.0. The minimum atomic E-state index is -2.16. The van der Waals surface area contributed by atoms with Gasteiger partial charge < -0.3 is 89.7 Å². The zero-order valence-electron chi connectivity index (χ0n) is 20.8. The van der Waals surface area contributed by atoms with Gasteiger partial charge in [0.25, 0.3) is 0 Å². The Morgan fingerprint density at radius 3 is 1.70 bits per heavy atom. The summed E-state index contributed by atoms with van der Waals surface area (Å²) in [6.07, 6.45) is -29.7. The highest BCUT2D eigenvalue weighted by Crippen LogP contribution is 2.33. The fourth-order valence-electron chi connectivity index (χ4n) is 4.44. The Balaban J connectivity index is 1.89. The zero-order chi connectivity index (χ0) is 29.9. The molecule has 3 aliphatic rings. The molecule has 0 aromatic heterocycles. The van der Waals surface area contributed by atoms with Crippen molar-refractivity contribution in [2.75, 3.05) is 26.4 Å². The van der Waals surface area contributed by atoms with Crippen LogP contribution in [0.2, 0.25) is 0 Å². The Bertz CT molecular complexity index is 796. The maximum absolute atomic E-state index is 11.7. The number of rotatable bonds is 11. The first kappa shape index (κ1) is 33.3. The van der Waals surface area contributed by atoms with E-state index in [2.05, 4.69) is 0 Å². The number of ether oxygens (including phenoxy) is 6. The summed E-state index contributed by atoms with van der Waals surface area (Å²) in [6, 6.07) is 0. The van der Waals surface area contributed by atoms with Crippen LogP contribution in [-0.4, -0.2) is 192 Å². The summed E-state index contributed by atoms with van der Waals surface area (Å²) in [5.41, 5.74) is 0. The highest BCUT2D eigenvalue weighted by molar-refractivity contribution is 5.73. The molecule has 12 N–H and O–H groups in total. The monoisotopic (exact) mass is 592 g/mol. The topological polar surface area (TPSA) is 315 Å². The molecule has 3 fully saturated rings. The Kier molecular flexibility index (Phi) is 11.9. The molecular weight excluding hydrogens is 556 g/mol. The molecule has 0 radical (unpaired) electrons. The van der Waals surface area contributed by atoms with Gasteiger partial charge in [0.15, 0.2) is 25.0 Å². The number of carboxylic acid groups (broad SMARTS) is 1. The number of aliphatic hydroxyl groups is 11. The third kappa shape index (κ3) is 6.88. The van der Waals surface area contributed by atoms with Crippen molar-refractivity contribution in [2.24, 2.45) is 0 Å². The molecule has 3 rings (SSSR count). The van der Waals surface area contributed by atoms with Gasteiger partial charge in [-0.3, -0.25) is 0 Å². The van der Waals surface area contributed by atoms with Gasteiger partial charge in [-0.25, -0.2) is 4.79 Å². The van der Waals surface area contributed by atoms with E-state index in [9.17, 15) is 66.1 Å². The van der Waals surface area contributed by atoms with Crippen LogP contribution >= 0.6 is 0 Å². The minimum Gasteiger partial charge on any atom is -0.479 e. The Hall–Kier alpha value is -1.21. The SMILES string of the molecule is O=C(O)[C@H]1O[C@H](O[C@@H]2[C@H](O)[C@@H](OC(CO)CO)O[C@H](CO)[C@H]2O)[C@H](O[C@@H]2O[C@H](CO)[C@H](O)[C@H](O)[C@H]2O)[C@@H](O)[C@@H]1O. The molecule has 40 heavy (non-hydrogen) atoms. The van der Waals surface area contributed by atoms with Crippen molar-refractivity contribution in [2.45, 2.75) is 98.2 Å². The van der Waals surface area contributed by atoms with E-state index in [1.54, 1.807) is 0 Å². The summed E-state index contributed by atoms with van der Waals surface area (Å²) in [4.78, 5) is 11.7. The molecule has 0 aromatic carbocycles. The maximum Gasteiger partial charge on any atom is 0.335 e. The molecular formula is C21H36O19. The number of aliphatic hydroxyl groups excluding tert-OH is 11. The van der Waals surface area contributed by atoms with Crippen molar-refractivity contribution in [3.05, 3.63) is 0 Å². The minimum absolute atomic E-state index is 0.716. The van der Waals surface area contributed by atoms with Crippen LogP contribution in [0.1, 0.15) is 0 Å². The third-order valence-electron chi connectivity index (χ3n) is 6.78. The predicted octanol–water partition coefficient (Wildman–Crippen LogP) is -8.10. The van der Waals surface area contributed by atoms with Crippen LogP contribution in [0.4, 0.5) is 0 Å². The largest absolute Gasteiger partial charge is 0.479 e. The summed E-state index contributed by atoms with van der Waals surface area (Å²) in [5, 5.41) is 120. The van der Waals surface area contributed by atoms with Gasteiger partial charge in [0.05, 0.1) is 26.4 Å². The summed E-state index contributed by atoms with van der Waals surface area (Å²) >= 11 is 0. The fraction of sp³-hybridized carbons (Fsp3) is 0.952. The number of hydrogen-bond acceptors (Lipinski definition) is 18. The van der Waals surface area contributed by atoms with Gasteiger partial charge in [0, 0.05) is 0 Å². The molecule has 19 nitrogen and oxygen atoms in total. The van der Waals surface area contributed by atoms with Crippen molar-refractivity contribution in [1.29, 1.82) is 0 Å². The third-order valence-corrected chi connectivity index (χ3v) is 6.78. The molecule has 15 atom stereocenters. The van der Waals surface area contributed by atoms with Gasteiger partial charge in [-0.05, 0) is 0 Å². The van der Waals surface area contributed by atoms with Crippen LogP contribution in [0.3, 0.4) is 0 Å². The van der Waals surface area contributed by atoms with Crippen molar-refractivity contribution in [3.8, 4) is 0 Å². The standard InChI is InChI=1S/C21H36O19/c22-1-5(2-23)35-20-14(32)15(9(27)7(4-25)37-20)38-21-17(12(30)11(29)16(39-21)18(33)34)40-19-13(31)10(28)8(26)6(3-24)36-19/h5-17,19-32H,1-4H2,(H,33,34)/t6-,7-,8+,9-,10+,11+,12+,13-,14+,15+,16+,17-,19+,20+,21+/m1/s1. The van der Waals surface area contributed by atoms with Crippen molar-refractivity contribution >= 4 is 5.97 Å². The van der Waals surface area contributed by atoms with E-state index in [4.69, 9.17) is 28.4 Å². The Morgan fingerprint density at radius 2 is 1.15 bits per heavy atom. The molecule has 0 spiro atoms. The lowest BCUT2D eigenvalue weighted by atomic mass is 9.96. The maximum atomic E-state index is 11.7. The van der Waals surface area contributed by atoms with Gasteiger partial charge in [0.1, 0.15) is 73.2 Å². The first-order valence-electron chi connectivity index (χ1n) is 12.3. The van der Waals surface area contributed by atoms with E-state index < -0.39 is 131 Å². The van der Waals surface area contributed by atoms with Crippen LogP contribution in [0.25, 0.3) is 0 Å². The lowest BCUT2D eigenvalue weighted by molar-refractivity contribution is -0.387. The number of carbonyl (C=O) groups is 1. The summed E-state index contributed by atoms with van der Waals surface area (Å²) in [7, 11) is 0. The first-order valence-corrected chi connectivity index (χ1v) is 12.3. The van der Waals surface area contributed by atoms with E-state index in [0.29, 0.717) is 0 Å². The summed E-state index contributed by atoms with van der Waals surface area (Å²) in [5.74, 6) is -1.76. The molecule has 234 valence electrons. The molecule has 3 aliphatic heterocycles. The van der Waals surface area contributed by atoms with Crippen molar-refractivity contribution in [1.82, 2.24) is 0 Å². The average Bonchev–Trinajstić information content (AvgIpc) is 2.93. The summed E-state index contributed by atoms with van der Waals surface area (Å²) in [6.45, 7) is -3.13. The van der Waals surface area contributed by atoms with Gasteiger partial charge in [-0.2, -0.15) is 0 Å². The van der Waals surface area contributed by atoms with E-state index in [-0.39, 0.29) is 0 Å². The van der Waals surface area contributed by atoms with Crippen LogP contribution in [0, 0.1) is 0 Å². The van der Waals surface area contributed by atoms with E-state index >= 15 is 0 Å². The normalized spacial score (nSPS) is 46.5. The van der Waals surface area contributed by atoms with E-state index in [1.807, 2.05) is 0 Å². The Labute approximate surface area is 225 Å². The zero-order valence-corrected chi connectivity index (χ0v) is 20.8. The number of hydrogen-bond donors (Lipinski definition) is 12. The van der Waals surface area contributed by atoms with Crippen LogP contribution < -0.4 is 0 Å². The molecule has 3 heterocycles. The Morgan fingerprint density at radius 1 is 0.600 bits per heavy atom. The van der Waals surface area contributed by atoms with E-state index in [1.165, 1.54) is 0 Å². The molecule has 0 amide bonds. The van der Waals surface area contributed by atoms with Crippen LogP contribution in [-0.2, 0) is 33.2 Å². The molecule has 0 unspecified atom stereocenters. The molecule has 3 saturated heterocycles. The second kappa shape index (κ2) is 14.3. The molecule has 0 aliphatic carbocycles. The molecule has 0 bridgehead atoms. The first-order chi connectivity index (χ1) is 18.9. The van der Waals surface area contributed by atoms with Gasteiger partial charge >= 0.3 is 5.97 Å².